The molecule has 3 aromatic heterocycles. The number of nitrogens with zero attached hydrogens (tertiary/aromatic N) is 4. The Hall–Kier alpha value is -2.86. The molecule has 0 saturated heterocycles. The minimum absolute atomic E-state index is 0.0733. The van der Waals surface area contributed by atoms with Gasteiger partial charge in [-0.15, -0.1) is 10.2 Å². The number of pyridine rings is 1. The van der Waals surface area contributed by atoms with Gasteiger partial charge in [0.1, 0.15) is 6.54 Å². The van der Waals surface area contributed by atoms with E-state index in [0.717, 1.165) is 28.8 Å². The number of carbonyl (C=O) groups is 1. The molecule has 3 heterocycles. The van der Waals surface area contributed by atoms with Gasteiger partial charge >= 0.3 is 0 Å². The first-order valence-corrected chi connectivity index (χ1v) is 9.73. The summed E-state index contributed by atoms with van der Waals surface area (Å²) >= 11 is 6.24. The number of hydrogen-bond donors (Lipinski definition) is 1. The molecule has 4 aromatic rings. The van der Waals surface area contributed by atoms with Crippen molar-refractivity contribution in [3.63, 3.8) is 0 Å². The Bertz CT molecular complexity index is 1130. The lowest BCUT2D eigenvalue weighted by Gasteiger charge is -2.19. The van der Waals surface area contributed by atoms with Gasteiger partial charge in [0, 0.05) is 28.3 Å². The highest BCUT2D eigenvalue weighted by atomic mass is 35.5. The molecule has 0 radical (unpaired) electrons. The van der Waals surface area contributed by atoms with Crippen molar-refractivity contribution in [1.29, 1.82) is 0 Å². The lowest BCUT2D eigenvalue weighted by molar-refractivity contribution is -0.122. The summed E-state index contributed by atoms with van der Waals surface area (Å²) in [5.74, 6) is 1.07. The molecule has 0 bridgehead atoms. The van der Waals surface area contributed by atoms with Crippen molar-refractivity contribution in [3.8, 4) is 0 Å². The third-order valence-electron chi connectivity index (χ3n) is 4.77. The molecule has 1 amide bonds. The number of carbonyl (C=O) groups excluding carboxylic acids is 1. The number of halogens is 1. The van der Waals surface area contributed by atoms with E-state index in [9.17, 15) is 4.79 Å². The second kappa shape index (κ2) is 7.64. The maximum Gasteiger partial charge on any atom is 0.240 e. The first-order chi connectivity index (χ1) is 13.5. The van der Waals surface area contributed by atoms with E-state index in [2.05, 4.69) is 29.4 Å². The molecule has 4 rings (SSSR count). The lowest BCUT2D eigenvalue weighted by atomic mass is 10.0. The number of amides is 1. The molecule has 0 saturated carbocycles. The van der Waals surface area contributed by atoms with E-state index in [0.29, 0.717) is 10.9 Å². The molecule has 0 spiro atoms. The second-order valence-electron chi connectivity index (χ2n) is 7.35. The number of fused-ring (bicyclic) bond motifs is 2. The fraction of sp³-hybridized carbons (Fsp3) is 0.286. The summed E-state index contributed by atoms with van der Waals surface area (Å²) in [6, 6.07) is 13.2. The molecule has 1 atom stereocenters. The molecule has 0 unspecified atom stereocenters. The molecule has 0 aliphatic carbocycles. The van der Waals surface area contributed by atoms with Crippen LogP contribution < -0.4 is 5.32 Å². The number of nitrogens with one attached hydrogen (secondary N) is 1. The van der Waals surface area contributed by atoms with Crippen LogP contribution in [0.5, 0.6) is 0 Å². The molecule has 28 heavy (non-hydrogen) atoms. The molecule has 7 heteroatoms. The molecule has 6 nitrogen and oxygen atoms in total. The van der Waals surface area contributed by atoms with Crippen LogP contribution in [-0.4, -0.2) is 25.1 Å². The minimum atomic E-state index is -0.213. The van der Waals surface area contributed by atoms with Gasteiger partial charge < -0.3 is 9.88 Å². The molecule has 0 aliphatic rings. The number of benzene rings is 1. The van der Waals surface area contributed by atoms with E-state index in [4.69, 9.17) is 11.6 Å². The van der Waals surface area contributed by atoms with Crippen LogP contribution in [0.4, 0.5) is 0 Å². The van der Waals surface area contributed by atoms with Crippen LogP contribution in [0.2, 0.25) is 5.02 Å². The van der Waals surface area contributed by atoms with Crippen LogP contribution in [0.1, 0.15) is 32.1 Å². The summed E-state index contributed by atoms with van der Waals surface area (Å²) < 4.78 is 3.84. The Morgan fingerprint density at radius 1 is 1.11 bits per heavy atom. The maximum atomic E-state index is 12.8. The molecule has 0 aliphatic heterocycles. The van der Waals surface area contributed by atoms with Crippen molar-refractivity contribution >= 4 is 34.1 Å². The maximum absolute atomic E-state index is 12.8. The topological polar surface area (TPSA) is 64.2 Å². The van der Waals surface area contributed by atoms with Gasteiger partial charge in [-0.2, -0.15) is 0 Å². The highest BCUT2D eigenvalue weighted by Gasteiger charge is 2.22. The quantitative estimate of drug-likeness (QED) is 0.531. The van der Waals surface area contributed by atoms with Crippen LogP contribution in [0.3, 0.4) is 0 Å². The summed E-state index contributed by atoms with van der Waals surface area (Å²) in [7, 11) is 0. The predicted octanol–water partition coefficient (Wildman–Crippen LogP) is 4.24. The first kappa shape index (κ1) is 18.5. The number of rotatable bonds is 6. The zero-order chi connectivity index (χ0) is 19.7. The van der Waals surface area contributed by atoms with E-state index < -0.39 is 0 Å². The SMILES string of the molecule is CC(C)C[C@H](NC(=O)Cn1ccc2c(Cl)cccc21)c1nnc2ccccn12. The molecule has 144 valence electrons. The summed E-state index contributed by atoms with van der Waals surface area (Å²) in [5.41, 5.74) is 1.71. The Morgan fingerprint density at radius 3 is 2.79 bits per heavy atom. The zero-order valence-electron chi connectivity index (χ0n) is 15.8. The monoisotopic (exact) mass is 395 g/mol. The van der Waals surface area contributed by atoms with Gasteiger partial charge in [-0.25, -0.2) is 0 Å². The number of aromatic nitrogens is 4. The molecular weight excluding hydrogens is 374 g/mol. The van der Waals surface area contributed by atoms with Crippen LogP contribution in [0.15, 0.2) is 54.9 Å². The van der Waals surface area contributed by atoms with E-state index in [1.54, 1.807) is 0 Å². The fourth-order valence-electron chi connectivity index (χ4n) is 3.52. The van der Waals surface area contributed by atoms with Gasteiger partial charge in [0.05, 0.1) is 6.04 Å². The Labute approximate surface area is 168 Å². The van der Waals surface area contributed by atoms with Crippen molar-refractivity contribution in [1.82, 2.24) is 24.5 Å². The Balaban J connectivity index is 1.58. The van der Waals surface area contributed by atoms with Gasteiger partial charge in [-0.3, -0.25) is 9.20 Å². The van der Waals surface area contributed by atoms with Crippen LogP contribution in [-0.2, 0) is 11.3 Å². The van der Waals surface area contributed by atoms with E-state index in [-0.39, 0.29) is 18.5 Å². The van der Waals surface area contributed by atoms with Gasteiger partial charge in [0.2, 0.25) is 5.91 Å². The summed E-state index contributed by atoms with van der Waals surface area (Å²) in [6.45, 7) is 4.48. The minimum Gasteiger partial charge on any atom is -0.344 e. The summed E-state index contributed by atoms with van der Waals surface area (Å²) in [4.78, 5) is 12.8. The normalized spacial score (nSPS) is 12.7. The second-order valence-corrected chi connectivity index (χ2v) is 7.76. The zero-order valence-corrected chi connectivity index (χ0v) is 16.6. The largest absolute Gasteiger partial charge is 0.344 e. The van der Waals surface area contributed by atoms with Gasteiger partial charge in [-0.1, -0.05) is 37.6 Å². The third kappa shape index (κ3) is 3.60. The van der Waals surface area contributed by atoms with E-state index >= 15 is 0 Å². The smallest absolute Gasteiger partial charge is 0.240 e. The molecular formula is C21H22ClN5O. The van der Waals surface area contributed by atoms with Crippen LogP contribution >= 0.6 is 11.6 Å². The molecule has 0 fully saturated rings. The van der Waals surface area contributed by atoms with Crippen LogP contribution in [0.25, 0.3) is 16.6 Å². The summed E-state index contributed by atoms with van der Waals surface area (Å²) in [5, 5.41) is 13.3. The van der Waals surface area contributed by atoms with Crippen molar-refractivity contribution in [2.24, 2.45) is 5.92 Å². The average molecular weight is 396 g/mol. The lowest BCUT2D eigenvalue weighted by Crippen LogP contribution is -2.33. The van der Waals surface area contributed by atoms with E-state index in [1.165, 1.54) is 0 Å². The summed E-state index contributed by atoms with van der Waals surface area (Å²) in [6.07, 6.45) is 4.59. The Morgan fingerprint density at radius 2 is 1.96 bits per heavy atom. The van der Waals surface area contributed by atoms with Gasteiger partial charge in [-0.05, 0) is 42.7 Å². The average Bonchev–Trinajstić information content (AvgIpc) is 3.26. The van der Waals surface area contributed by atoms with Crippen molar-refractivity contribution in [2.45, 2.75) is 32.9 Å². The highest BCUT2D eigenvalue weighted by Crippen LogP contribution is 2.25. The van der Waals surface area contributed by atoms with Gasteiger partial charge in [0.15, 0.2) is 11.5 Å². The molecule has 1 N–H and O–H groups in total. The van der Waals surface area contributed by atoms with Crippen LogP contribution in [0, 0.1) is 5.92 Å². The van der Waals surface area contributed by atoms with E-state index in [1.807, 2.05) is 63.8 Å². The standard InChI is InChI=1S/C21H22ClN5O/c1-14(2)12-17(21-25-24-19-8-3-4-10-27(19)21)23-20(28)13-26-11-9-15-16(22)6-5-7-18(15)26/h3-11,14,17H,12-13H2,1-2H3,(H,23,28)/t17-/m0/s1. The van der Waals surface area contributed by atoms with Gasteiger partial charge in [0.25, 0.3) is 0 Å². The van der Waals surface area contributed by atoms with Crippen molar-refractivity contribution in [3.05, 3.63) is 65.7 Å². The molecule has 1 aromatic carbocycles. The number of hydrogen-bond acceptors (Lipinski definition) is 3. The highest BCUT2D eigenvalue weighted by molar-refractivity contribution is 6.35. The fourth-order valence-corrected chi connectivity index (χ4v) is 3.75. The van der Waals surface area contributed by atoms with Crippen molar-refractivity contribution in [2.75, 3.05) is 0 Å². The predicted molar refractivity (Wildman–Crippen MR) is 110 cm³/mol. The van der Waals surface area contributed by atoms with Crippen molar-refractivity contribution < 1.29 is 4.79 Å². The Kier molecular flexibility index (Phi) is 5.05. The third-order valence-corrected chi connectivity index (χ3v) is 5.10. The first-order valence-electron chi connectivity index (χ1n) is 9.35.